The van der Waals surface area contributed by atoms with Crippen LogP contribution in [0.1, 0.15) is 36.4 Å². The third kappa shape index (κ3) is 4.39. The van der Waals surface area contributed by atoms with Crippen molar-refractivity contribution < 1.29 is 4.79 Å². The molecule has 0 aliphatic carbocycles. The Kier molecular flexibility index (Phi) is 5.91. The van der Waals surface area contributed by atoms with E-state index in [2.05, 4.69) is 23.2 Å². The molecule has 1 atom stereocenters. The van der Waals surface area contributed by atoms with Crippen molar-refractivity contribution in [1.29, 1.82) is 0 Å². The molecule has 5 nitrogen and oxygen atoms in total. The number of likely N-dealkylation sites (tertiary alicyclic amines) is 1. The number of hydrogen-bond acceptors (Lipinski definition) is 3. The maximum atomic E-state index is 12.9. The number of aryl methyl sites for hydroxylation is 1. The molecule has 6 heteroatoms. The summed E-state index contributed by atoms with van der Waals surface area (Å²) in [6.45, 7) is 1.55. The van der Waals surface area contributed by atoms with E-state index >= 15 is 0 Å². The lowest BCUT2D eigenvalue weighted by Crippen LogP contribution is -2.39. The Labute approximate surface area is 192 Å². The first-order chi connectivity index (χ1) is 15.7. The second-order valence-corrected chi connectivity index (χ2v) is 8.77. The predicted octanol–water partition coefficient (Wildman–Crippen LogP) is 5.39. The number of carbonyl (C=O) groups excluding carboxylic acids is 1. The van der Waals surface area contributed by atoms with Crippen molar-refractivity contribution in [1.82, 2.24) is 19.3 Å². The lowest BCUT2D eigenvalue weighted by molar-refractivity contribution is -0.132. The van der Waals surface area contributed by atoms with Crippen LogP contribution < -0.4 is 0 Å². The van der Waals surface area contributed by atoms with Crippen LogP contribution in [0.3, 0.4) is 0 Å². The number of benzene rings is 1. The molecular weight excluding hydrogens is 420 g/mol. The highest BCUT2D eigenvalue weighted by Gasteiger charge is 2.25. The van der Waals surface area contributed by atoms with Gasteiger partial charge in [-0.1, -0.05) is 48.0 Å². The van der Waals surface area contributed by atoms with Crippen LogP contribution in [0.5, 0.6) is 0 Å². The number of imidazole rings is 1. The Morgan fingerprint density at radius 3 is 2.81 bits per heavy atom. The largest absolute Gasteiger partial charge is 0.342 e. The zero-order valence-electron chi connectivity index (χ0n) is 17.8. The number of hydrogen-bond donors (Lipinski definition) is 0. The molecule has 0 saturated carbocycles. The van der Waals surface area contributed by atoms with Gasteiger partial charge in [0.15, 0.2) is 0 Å². The van der Waals surface area contributed by atoms with Gasteiger partial charge in [-0.15, -0.1) is 0 Å². The molecule has 1 unspecified atom stereocenters. The summed E-state index contributed by atoms with van der Waals surface area (Å²) >= 11 is 6.19. The molecule has 0 spiro atoms. The Balaban J connectivity index is 1.31. The normalized spacial score (nSPS) is 16.4. The van der Waals surface area contributed by atoms with Crippen molar-refractivity contribution in [2.45, 2.75) is 31.6 Å². The molecule has 1 aliphatic rings. The molecule has 1 aliphatic heterocycles. The number of carbonyl (C=O) groups is 1. The van der Waals surface area contributed by atoms with Crippen molar-refractivity contribution in [2.24, 2.45) is 0 Å². The number of fused-ring (bicyclic) bond motifs is 1. The molecule has 3 aromatic heterocycles. The SMILES string of the molecule is O=C(CCc1ccccc1)N1CCCC(c2cccc(-c3cnc4ccc(Cl)cn34)n2)C1. The maximum Gasteiger partial charge on any atom is 0.222 e. The average molecular weight is 445 g/mol. The Hall–Kier alpha value is -3.18. The number of nitrogens with zero attached hydrogens (tertiary/aromatic N) is 4. The van der Waals surface area contributed by atoms with Gasteiger partial charge in [0.25, 0.3) is 0 Å². The number of pyridine rings is 2. The van der Waals surface area contributed by atoms with Crippen LogP contribution in [0.15, 0.2) is 73.1 Å². The fraction of sp³-hybridized carbons (Fsp3) is 0.269. The lowest BCUT2D eigenvalue weighted by atomic mass is 9.93. The molecule has 1 aromatic carbocycles. The molecule has 162 valence electrons. The van der Waals surface area contributed by atoms with E-state index in [1.165, 1.54) is 5.56 Å². The quantitative estimate of drug-likeness (QED) is 0.414. The van der Waals surface area contributed by atoms with E-state index in [0.717, 1.165) is 55.1 Å². The minimum absolute atomic E-state index is 0.228. The number of aromatic nitrogens is 3. The van der Waals surface area contributed by atoms with E-state index in [9.17, 15) is 4.79 Å². The number of piperidine rings is 1. The van der Waals surface area contributed by atoms with Gasteiger partial charge in [0.05, 0.1) is 22.6 Å². The van der Waals surface area contributed by atoms with Crippen molar-refractivity contribution in [2.75, 3.05) is 13.1 Å². The fourth-order valence-electron chi connectivity index (χ4n) is 4.46. The fourth-order valence-corrected chi connectivity index (χ4v) is 4.63. The van der Waals surface area contributed by atoms with Crippen LogP contribution in [0.2, 0.25) is 5.02 Å². The highest BCUT2D eigenvalue weighted by atomic mass is 35.5. The third-order valence-corrected chi connectivity index (χ3v) is 6.39. The highest BCUT2D eigenvalue weighted by Crippen LogP contribution is 2.28. The second-order valence-electron chi connectivity index (χ2n) is 8.33. The van der Waals surface area contributed by atoms with Crippen LogP contribution in [0.4, 0.5) is 0 Å². The van der Waals surface area contributed by atoms with Gasteiger partial charge >= 0.3 is 0 Å². The smallest absolute Gasteiger partial charge is 0.222 e. The molecular formula is C26H25ClN4O. The van der Waals surface area contributed by atoms with E-state index in [-0.39, 0.29) is 11.8 Å². The lowest BCUT2D eigenvalue weighted by Gasteiger charge is -2.32. The topological polar surface area (TPSA) is 50.5 Å². The third-order valence-electron chi connectivity index (χ3n) is 6.17. The van der Waals surface area contributed by atoms with Gasteiger partial charge in [-0.05, 0) is 49.1 Å². The second kappa shape index (κ2) is 9.13. The molecule has 0 bridgehead atoms. The van der Waals surface area contributed by atoms with Crippen molar-refractivity contribution in [3.05, 3.63) is 89.3 Å². The van der Waals surface area contributed by atoms with Gasteiger partial charge in [0.2, 0.25) is 5.91 Å². The van der Waals surface area contributed by atoms with Gasteiger partial charge in [0, 0.05) is 37.3 Å². The van der Waals surface area contributed by atoms with Crippen molar-refractivity contribution in [3.8, 4) is 11.4 Å². The minimum atomic E-state index is 0.228. The van der Waals surface area contributed by atoms with E-state index in [1.54, 1.807) is 0 Å². The monoisotopic (exact) mass is 444 g/mol. The molecule has 1 fully saturated rings. The first-order valence-electron chi connectivity index (χ1n) is 11.1. The van der Waals surface area contributed by atoms with Gasteiger partial charge in [-0.3, -0.25) is 14.2 Å². The summed E-state index contributed by atoms with van der Waals surface area (Å²) in [5.74, 6) is 0.471. The molecule has 32 heavy (non-hydrogen) atoms. The summed E-state index contributed by atoms with van der Waals surface area (Å²) in [4.78, 5) is 24.3. The van der Waals surface area contributed by atoms with Crippen LogP contribution in [0, 0.1) is 0 Å². The molecule has 0 N–H and O–H groups in total. The maximum absolute atomic E-state index is 12.9. The summed E-state index contributed by atoms with van der Waals surface area (Å²) in [6.07, 6.45) is 7.06. The number of rotatable bonds is 5. The molecule has 1 amide bonds. The first kappa shape index (κ1) is 20.7. The minimum Gasteiger partial charge on any atom is -0.342 e. The standard InChI is InChI=1S/C26H25ClN4O/c27-21-12-13-25-28-16-24(31(25)18-21)23-10-4-9-22(29-23)20-8-5-15-30(17-20)26(32)14-11-19-6-2-1-3-7-19/h1-4,6-7,9-10,12-13,16,18,20H,5,8,11,14-15,17H2. The molecule has 0 radical (unpaired) electrons. The average Bonchev–Trinajstić information content (AvgIpc) is 3.26. The van der Waals surface area contributed by atoms with Gasteiger partial charge in [0.1, 0.15) is 5.65 Å². The summed E-state index contributed by atoms with van der Waals surface area (Å²) in [6, 6.07) is 20.0. The first-order valence-corrected chi connectivity index (χ1v) is 11.5. The Bertz CT molecular complexity index is 1240. The van der Waals surface area contributed by atoms with Crippen LogP contribution in [-0.4, -0.2) is 38.3 Å². The van der Waals surface area contributed by atoms with E-state index in [0.29, 0.717) is 11.4 Å². The summed E-state index contributed by atoms with van der Waals surface area (Å²) in [5.41, 5.74) is 4.85. The number of amides is 1. The Morgan fingerprint density at radius 2 is 1.94 bits per heavy atom. The summed E-state index contributed by atoms with van der Waals surface area (Å²) < 4.78 is 1.97. The van der Waals surface area contributed by atoms with E-state index in [1.807, 2.05) is 64.2 Å². The molecule has 1 saturated heterocycles. The van der Waals surface area contributed by atoms with Gasteiger partial charge < -0.3 is 4.90 Å². The Morgan fingerprint density at radius 1 is 1.06 bits per heavy atom. The zero-order chi connectivity index (χ0) is 21.9. The molecule has 5 rings (SSSR count). The van der Waals surface area contributed by atoms with Crippen LogP contribution >= 0.6 is 11.6 Å². The predicted molar refractivity (Wildman–Crippen MR) is 127 cm³/mol. The zero-order valence-corrected chi connectivity index (χ0v) is 18.6. The van der Waals surface area contributed by atoms with Crippen molar-refractivity contribution >= 4 is 23.2 Å². The van der Waals surface area contributed by atoms with E-state index in [4.69, 9.17) is 16.6 Å². The molecule has 4 heterocycles. The summed E-state index contributed by atoms with van der Waals surface area (Å²) in [5, 5.41) is 0.657. The van der Waals surface area contributed by atoms with Gasteiger partial charge in [-0.2, -0.15) is 0 Å². The molecule has 4 aromatic rings. The van der Waals surface area contributed by atoms with Gasteiger partial charge in [-0.25, -0.2) is 4.98 Å². The van der Waals surface area contributed by atoms with E-state index < -0.39 is 0 Å². The highest BCUT2D eigenvalue weighted by molar-refractivity contribution is 6.30. The summed E-state index contributed by atoms with van der Waals surface area (Å²) in [7, 11) is 0. The number of halogens is 1. The van der Waals surface area contributed by atoms with Crippen molar-refractivity contribution in [3.63, 3.8) is 0 Å². The van der Waals surface area contributed by atoms with Crippen LogP contribution in [0.25, 0.3) is 17.0 Å². The van der Waals surface area contributed by atoms with Crippen LogP contribution in [-0.2, 0) is 11.2 Å².